The van der Waals surface area contributed by atoms with Crippen molar-refractivity contribution < 1.29 is 9.59 Å². The monoisotopic (exact) mass is 404 g/mol. The molecule has 2 unspecified atom stereocenters. The first-order valence-corrected chi connectivity index (χ1v) is 8.61. The van der Waals surface area contributed by atoms with E-state index in [1.54, 1.807) is 0 Å². The molecule has 1 fully saturated rings. The molecule has 1 aliphatic heterocycles. The molecular weight excluding hydrogens is 375 g/mol. The molecule has 1 aliphatic rings. The van der Waals surface area contributed by atoms with Crippen molar-refractivity contribution in [2.45, 2.75) is 19.9 Å². The lowest BCUT2D eigenvalue weighted by Crippen LogP contribution is -2.52. The number of hydrogen-bond acceptors (Lipinski definition) is 4. The SMILES string of the molecule is CCNC(=O)CN1CCN(C(=O)C(C)C(N)c2ccccc2)CC1.Cl.Cl. The van der Waals surface area contributed by atoms with E-state index in [4.69, 9.17) is 5.73 Å². The highest BCUT2D eigenvalue weighted by molar-refractivity contribution is 5.85. The molecule has 0 radical (unpaired) electrons. The Bertz CT molecular complexity index is 551. The number of carbonyl (C=O) groups is 2. The first-order valence-electron chi connectivity index (χ1n) is 8.61. The number of amides is 2. The van der Waals surface area contributed by atoms with Crippen molar-refractivity contribution >= 4 is 36.6 Å². The van der Waals surface area contributed by atoms with Gasteiger partial charge in [0, 0.05) is 38.8 Å². The van der Waals surface area contributed by atoms with Gasteiger partial charge in [-0.25, -0.2) is 0 Å². The number of nitrogens with zero attached hydrogens (tertiary/aromatic N) is 2. The predicted molar refractivity (Wildman–Crippen MR) is 109 cm³/mol. The molecule has 6 nitrogen and oxygen atoms in total. The molecule has 0 saturated carbocycles. The molecule has 1 saturated heterocycles. The number of benzene rings is 1. The summed E-state index contributed by atoms with van der Waals surface area (Å²) >= 11 is 0. The summed E-state index contributed by atoms with van der Waals surface area (Å²) in [6.45, 7) is 7.56. The largest absolute Gasteiger partial charge is 0.355 e. The molecule has 0 aromatic heterocycles. The maximum atomic E-state index is 12.7. The smallest absolute Gasteiger partial charge is 0.234 e. The summed E-state index contributed by atoms with van der Waals surface area (Å²) in [7, 11) is 0. The molecule has 1 aromatic rings. The summed E-state index contributed by atoms with van der Waals surface area (Å²) in [5.41, 5.74) is 7.24. The molecule has 3 N–H and O–H groups in total. The fourth-order valence-corrected chi connectivity index (χ4v) is 2.99. The average molecular weight is 405 g/mol. The molecule has 0 bridgehead atoms. The van der Waals surface area contributed by atoms with E-state index in [2.05, 4.69) is 10.2 Å². The van der Waals surface area contributed by atoms with Crippen LogP contribution >= 0.6 is 24.8 Å². The van der Waals surface area contributed by atoms with E-state index in [1.165, 1.54) is 0 Å². The molecule has 2 rings (SSSR count). The summed E-state index contributed by atoms with van der Waals surface area (Å²) in [5, 5.41) is 2.80. The average Bonchev–Trinajstić information content (AvgIpc) is 2.61. The summed E-state index contributed by atoms with van der Waals surface area (Å²) < 4.78 is 0. The van der Waals surface area contributed by atoms with Gasteiger partial charge in [0.05, 0.1) is 12.5 Å². The van der Waals surface area contributed by atoms with E-state index < -0.39 is 0 Å². The number of carbonyl (C=O) groups excluding carboxylic acids is 2. The quantitative estimate of drug-likeness (QED) is 0.751. The molecule has 2 atom stereocenters. The summed E-state index contributed by atoms with van der Waals surface area (Å²) in [6.07, 6.45) is 0. The molecule has 0 spiro atoms. The Morgan fingerprint density at radius 1 is 1.12 bits per heavy atom. The topological polar surface area (TPSA) is 78.7 Å². The predicted octanol–water partition coefficient (Wildman–Crippen LogP) is 1.45. The minimum Gasteiger partial charge on any atom is -0.355 e. The maximum Gasteiger partial charge on any atom is 0.234 e. The molecule has 26 heavy (non-hydrogen) atoms. The zero-order valence-corrected chi connectivity index (χ0v) is 17.0. The minimum atomic E-state index is -0.299. The van der Waals surface area contributed by atoms with E-state index >= 15 is 0 Å². The number of halogens is 2. The fourth-order valence-electron chi connectivity index (χ4n) is 2.99. The number of nitrogens with two attached hydrogens (primary N) is 1. The molecule has 1 aromatic carbocycles. The summed E-state index contributed by atoms with van der Waals surface area (Å²) in [4.78, 5) is 28.3. The normalized spacial score (nSPS) is 16.7. The summed E-state index contributed by atoms with van der Waals surface area (Å²) in [5.74, 6) is -0.136. The van der Waals surface area contributed by atoms with Crippen LogP contribution in [-0.4, -0.2) is 60.9 Å². The highest BCUT2D eigenvalue weighted by Crippen LogP contribution is 2.21. The van der Waals surface area contributed by atoms with Gasteiger partial charge in [-0.15, -0.1) is 24.8 Å². The van der Waals surface area contributed by atoms with Gasteiger partial charge in [-0.2, -0.15) is 0 Å². The Labute approximate surface area is 168 Å². The lowest BCUT2D eigenvalue weighted by Gasteiger charge is -2.36. The van der Waals surface area contributed by atoms with Crippen molar-refractivity contribution in [2.24, 2.45) is 11.7 Å². The van der Waals surface area contributed by atoms with Crippen LogP contribution in [0.1, 0.15) is 25.5 Å². The second-order valence-corrected chi connectivity index (χ2v) is 6.28. The van der Waals surface area contributed by atoms with Crippen molar-refractivity contribution in [3.8, 4) is 0 Å². The van der Waals surface area contributed by atoms with E-state index in [9.17, 15) is 9.59 Å². The van der Waals surface area contributed by atoms with E-state index in [0.29, 0.717) is 26.2 Å². The van der Waals surface area contributed by atoms with Gasteiger partial charge in [0.2, 0.25) is 11.8 Å². The van der Waals surface area contributed by atoms with Crippen LogP contribution in [0.5, 0.6) is 0 Å². The first kappa shape index (κ1) is 24.7. The lowest BCUT2D eigenvalue weighted by atomic mass is 9.94. The van der Waals surface area contributed by atoms with Gasteiger partial charge in [-0.3, -0.25) is 14.5 Å². The highest BCUT2D eigenvalue weighted by Gasteiger charge is 2.29. The molecule has 0 aliphatic carbocycles. The fraction of sp³-hybridized carbons (Fsp3) is 0.556. The number of rotatable bonds is 6. The van der Waals surface area contributed by atoms with Gasteiger partial charge in [0.15, 0.2) is 0 Å². The van der Waals surface area contributed by atoms with Gasteiger partial charge in [0.1, 0.15) is 0 Å². The first-order chi connectivity index (χ1) is 11.5. The van der Waals surface area contributed by atoms with Crippen molar-refractivity contribution in [1.29, 1.82) is 0 Å². The highest BCUT2D eigenvalue weighted by atomic mass is 35.5. The Hall–Kier alpha value is -1.34. The van der Waals surface area contributed by atoms with Crippen molar-refractivity contribution in [1.82, 2.24) is 15.1 Å². The molecule has 1 heterocycles. The van der Waals surface area contributed by atoms with Crippen LogP contribution in [0.15, 0.2) is 30.3 Å². The maximum absolute atomic E-state index is 12.7. The third-order valence-corrected chi connectivity index (χ3v) is 4.54. The summed E-state index contributed by atoms with van der Waals surface area (Å²) in [6, 6.07) is 9.43. The van der Waals surface area contributed by atoms with Gasteiger partial charge in [0.25, 0.3) is 0 Å². The zero-order valence-electron chi connectivity index (χ0n) is 15.4. The number of likely N-dealkylation sites (N-methyl/N-ethyl adjacent to an activating group) is 1. The standard InChI is InChI=1S/C18H28N4O2.2ClH/c1-3-20-16(23)13-21-9-11-22(12-10-21)18(24)14(2)17(19)15-7-5-4-6-8-15;;/h4-8,14,17H,3,9-13,19H2,1-2H3,(H,20,23);2*1H. The molecule has 148 valence electrons. The van der Waals surface area contributed by atoms with Gasteiger partial charge in [-0.1, -0.05) is 37.3 Å². The van der Waals surface area contributed by atoms with Crippen LogP contribution in [0, 0.1) is 5.92 Å². The van der Waals surface area contributed by atoms with Crippen LogP contribution in [0.25, 0.3) is 0 Å². The van der Waals surface area contributed by atoms with Crippen LogP contribution in [0.2, 0.25) is 0 Å². The van der Waals surface area contributed by atoms with E-state index in [1.807, 2.05) is 49.1 Å². The third kappa shape index (κ3) is 6.76. The van der Waals surface area contributed by atoms with Crippen molar-refractivity contribution in [3.63, 3.8) is 0 Å². The molecular formula is C18H30Cl2N4O2. The second kappa shape index (κ2) is 12.1. The minimum absolute atomic E-state index is 0. The van der Waals surface area contributed by atoms with Crippen molar-refractivity contribution in [2.75, 3.05) is 39.3 Å². The van der Waals surface area contributed by atoms with Crippen LogP contribution < -0.4 is 11.1 Å². The van der Waals surface area contributed by atoms with Crippen molar-refractivity contribution in [3.05, 3.63) is 35.9 Å². The van der Waals surface area contributed by atoms with E-state index in [0.717, 1.165) is 18.7 Å². The van der Waals surface area contributed by atoms with E-state index in [-0.39, 0.29) is 48.6 Å². The third-order valence-electron chi connectivity index (χ3n) is 4.54. The number of piperazine rings is 1. The van der Waals surface area contributed by atoms with Gasteiger partial charge in [-0.05, 0) is 12.5 Å². The Morgan fingerprint density at radius 3 is 2.23 bits per heavy atom. The lowest BCUT2D eigenvalue weighted by molar-refractivity contribution is -0.137. The Morgan fingerprint density at radius 2 is 1.69 bits per heavy atom. The Balaban J connectivity index is 0.00000312. The van der Waals surface area contributed by atoms with Crippen LogP contribution in [0.4, 0.5) is 0 Å². The van der Waals surface area contributed by atoms with Gasteiger partial charge >= 0.3 is 0 Å². The second-order valence-electron chi connectivity index (χ2n) is 6.28. The van der Waals surface area contributed by atoms with Crippen LogP contribution in [-0.2, 0) is 9.59 Å². The van der Waals surface area contributed by atoms with Gasteiger partial charge < -0.3 is 16.0 Å². The number of hydrogen-bond donors (Lipinski definition) is 2. The molecule has 2 amide bonds. The van der Waals surface area contributed by atoms with Crippen LogP contribution in [0.3, 0.4) is 0 Å². The zero-order chi connectivity index (χ0) is 17.5. The Kier molecular flexibility index (Phi) is 11.5. The number of nitrogens with one attached hydrogen (secondary N) is 1. The molecule has 8 heteroatoms.